The summed E-state index contributed by atoms with van der Waals surface area (Å²) in [6.45, 7) is 4.52. The minimum atomic E-state index is -0.116. The molecular weight excluding hydrogens is 268 g/mol. The number of carbonyl (C=O) groups excluding carboxylic acids is 2. The first-order valence-corrected chi connectivity index (χ1v) is 7.53. The van der Waals surface area contributed by atoms with Gasteiger partial charge in [-0.15, -0.1) is 0 Å². The molecule has 116 valence electrons. The van der Waals surface area contributed by atoms with Crippen LogP contribution in [0.4, 0.5) is 0 Å². The van der Waals surface area contributed by atoms with E-state index in [0.29, 0.717) is 18.6 Å². The highest BCUT2D eigenvalue weighted by atomic mass is 16.5. The summed E-state index contributed by atoms with van der Waals surface area (Å²) < 4.78 is 10.9. The monoisotopic (exact) mass is 292 g/mol. The van der Waals surface area contributed by atoms with Gasteiger partial charge in [0.2, 0.25) is 0 Å². The van der Waals surface area contributed by atoms with Gasteiger partial charge in [-0.2, -0.15) is 0 Å². The maximum absolute atomic E-state index is 11.4. The molecule has 0 bridgehead atoms. The summed E-state index contributed by atoms with van der Waals surface area (Å²) >= 11 is 0. The smallest absolute Gasteiger partial charge is 0.306 e. The van der Waals surface area contributed by atoms with E-state index in [1.807, 2.05) is 6.92 Å². The predicted molar refractivity (Wildman–Crippen MR) is 81.6 cm³/mol. The number of benzene rings is 1. The predicted octanol–water partition coefficient (Wildman–Crippen LogP) is 3.78. The SMILES string of the molecule is CCCCC(=O)OC(C)CCCOc1ccc(C=O)cc1. The lowest BCUT2D eigenvalue weighted by Gasteiger charge is -2.13. The molecule has 4 nitrogen and oxygen atoms in total. The zero-order valence-electron chi connectivity index (χ0n) is 12.8. The topological polar surface area (TPSA) is 52.6 Å². The number of esters is 1. The van der Waals surface area contributed by atoms with E-state index < -0.39 is 0 Å². The fraction of sp³-hybridized carbons (Fsp3) is 0.529. The molecule has 0 amide bonds. The summed E-state index contributed by atoms with van der Waals surface area (Å²) in [5.74, 6) is 0.628. The van der Waals surface area contributed by atoms with Crippen molar-refractivity contribution in [3.05, 3.63) is 29.8 Å². The highest BCUT2D eigenvalue weighted by molar-refractivity contribution is 5.74. The molecule has 0 saturated carbocycles. The third-order valence-electron chi connectivity index (χ3n) is 3.11. The fourth-order valence-corrected chi connectivity index (χ4v) is 1.87. The Kier molecular flexibility index (Phi) is 8.17. The molecule has 1 aromatic carbocycles. The zero-order valence-corrected chi connectivity index (χ0v) is 12.8. The first-order valence-electron chi connectivity index (χ1n) is 7.53. The maximum atomic E-state index is 11.4. The highest BCUT2D eigenvalue weighted by Crippen LogP contribution is 2.12. The van der Waals surface area contributed by atoms with Gasteiger partial charge in [0, 0.05) is 12.0 Å². The first kappa shape index (κ1) is 17.2. The number of carbonyl (C=O) groups is 2. The normalized spacial score (nSPS) is 11.7. The second kappa shape index (κ2) is 9.97. The number of ether oxygens (including phenoxy) is 2. The van der Waals surface area contributed by atoms with Crippen LogP contribution >= 0.6 is 0 Å². The lowest BCUT2D eigenvalue weighted by Crippen LogP contribution is -2.15. The van der Waals surface area contributed by atoms with Crippen molar-refractivity contribution >= 4 is 12.3 Å². The van der Waals surface area contributed by atoms with Crippen LogP contribution in [0.5, 0.6) is 5.75 Å². The molecule has 0 aliphatic heterocycles. The van der Waals surface area contributed by atoms with Gasteiger partial charge < -0.3 is 9.47 Å². The van der Waals surface area contributed by atoms with Gasteiger partial charge in [0.15, 0.2) is 0 Å². The van der Waals surface area contributed by atoms with Crippen LogP contribution in [0.1, 0.15) is 56.3 Å². The van der Waals surface area contributed by atoms with Crippen molar-refractivity contribution in [2.75, 3.05) is 6.61 Å². The molecule has 0 aliphatic rings. The van der Waals surface area contributed by atoms with Crippen LogP contribution in [-0.2, 0) is 9.53 Å². The van der Waals surface area contributed by atoms with Crippen LogP contribution in [0.3, 0.4) is 0 Å². The molecule has 0 saturated heterocycles. The van der Waals surface area contributed by atoms with Gasteiger partial charge in [0.1, 0.15) is 12.0 Å². The van der Waals surface area contributed by atoms with Crippen molar-refractivity contribution in [3.8, 4) is 5.75 Å². The molecule has 0 N–H and O–H groups in total. The summed E-state index contributed by atoms with van der Waals surface area (Å²) in [6, 6.07) is 7.00. The minimum absolute atomic E-state index is 0.0737. The van der Waals surface area contributed by atoms with Crippen LogP contribution in [-0.4, -0.2) is 25.0 Å². The quantitative estimate of drug-likeness (QED) is 0.374. The Morgan fingerprint density at radius 1 is 1.24 bits per heavy atom. The third-order valence-corrected chi connectivity index (χ3v) is 3.11. The van der Waals surface area contributed by atoms with E-state index in [-0.39, 0.29) is 12.1 Å². The highest BCUT2D eigenvalue weighted by Gasteiger charge is 2.08. The Bertz CT molecular complexity index is 425. The fourth-order valence-electron chi connectivity index (χ4n) is 1.87. The average molecular weight is 292 g/mol. The van der Waals surface area contributed by atoms with Crippen molar-refractivity contribution in [2.45, 2.75) is 52.1 Å². The number of hydrogen-bond acceptors (Lipinski definition) is 4. The maximum Gasteiger partial charge on any atom is 0.306 e. The minimum Gasteiger partial charge on any atom is -0.494 e. The Labute approximate surface area is 126 Å². The molecule has 1 atom stereocenters. The summed E-state index contributed by atoms with van der Waals surface area (Å²) in [5, 5.41) is 0. The molecular formula is C17H24O4. The number of hydrogen-bond donors (Lipinski definition) is 0. The van der Waals surface area contributed by atoms with E-state index in [2.05, 4.69) is 6.92 Å². The van der Waals surface area contributed by atoms with Crippen LogP contribution in [0.2, 0.25) is 0 Å². The largest absolute Gasteiger partial charge is 0.494 e. The number of rotatable bonds is 10. The lowest BCUT2D eigenvalue weighted by molar-refractivity contribution is -0.148. The zero-order chi connectivity index (χ0) is 15.5. The molecule has 4 heteroatoms. The van der Waals surface area contributed by atoms with Gasteiger partial charge in [-0.25, -0.2) is 0 Å². The molecule has 0 radical (unpaired) electrons. The lowest BCUT2D eigenvalue weighted by atomic mass is 10.2. The van der Waals surface area contributed by atoms with E-state index in [1.54, 1.807) is 24.3 Å². The molecule has 1 aromatic rings. The van der Waals surface area contributed by atoms with Gasteiger partial charge in [0.05, 0.1) is 12.7 Å². The average Bonchev–Trinajstić information content (AvgIpc) is 2.50. The van der Waals surface area contributed by atoms with Crippen molar-refractivity contribution in [3.63, 3.8) is 0 Å². The van der Waals surface area contributed by atoms with Crippen molar-refractivity contribution in [1.29, 1.82) is 0 Å². The van der Waals surface area contributed by atoms with Gasteiger partial charge >= 0.3 is 5.97 Å². The van der Waals surface area contributed by atoms with Gasteiger partial charge in [0.25, 0.3) is 0 Å². The van der Waals surface area contributed by atoms with E-state index in [1.165, 1.54) is 0 Å². The molecule has 1 rings (SSSR count). The molecule has 0 spiro atoms. The first-order chi connectivity index (χ1) is 10.2. The van der Waals surface area contributed by atoms with Gasteiger partial charge in [-0.05, 0) is 50.5 Å². The van der Waals surface area contributed by atoms with Crippen LogP contribution in [0.25, 0.3) is 0 Å². The Morgan fingerprint density at radius 3 is 2.57 bits per heavy atom. The van der Waals surface area contributed by atoms with Crippen molar-refractivity contribution < 1.29 is 19.1 Å². The van der Waals surface area contributed by atoms with Crippen LogP contribution in [0.15, 0.2) is 24.3 Å². The standard InChI is InChI=1S/C17H24O4/c1-3-4-7-17(19)21-14(2)6-5-12-20-16-10-8-15(13-18)9-11-16/h8-11,13-14H,3-7,12H2,1-2H3. The van der Waals surface area contributed by atoms with E-state index in [4.69, 9.17) is 9.47 Å². The second-order valence-electron chi connectivity index (χ2n) is 5.08. The van der Waals surface area contributed by atoms with E-state index >= 15 is 0 Å². The summed E-state index contributed by atoms with van der Waals surface area (Å²) in [5.41, 5.74) is 0.634. The van der Waals surface area contributed by atoms with Gasteiger partial charge in [-0.3, -0.25) is 9.59 Å². The molecule has 21 heavy (non-hydrogen) atoms. The van der Waals surface area contributed by atoms with E-state index in [9.17, 15) is 9.59 Å². The summed E-state index contributed by atoms with van der Waals surface area (Å²) in [7, 11) is 0. The summed E-state index contributed by atoms with van der Waals surface area (Å²) in [6.07, 6.45) is 4.71. The Morgan fingerprint density at radius 2 is 1.95 bits per heavy atom. The summed E-state index contributed by atoms with van der Waals surface area (Å²) in [4.78, 5) is 22.0. The second-order valence-corrected chi connectivity index (χ2v) is 5.08. The van der Waals surface area contributed by atoms with Gasteiger partial charge in [-0.1, -0.05) is 13.3 Å². The molecule has 1 unspecified atom stereocenters. The number of unbranched alkanes of at least 4 members (excludes halogenated alkanes) is 1. The van der Waals surface area contributed by atoms with E-state index in [0.717, 1.165) is 37.7 Å². The van der Waals surface area contributed by atoms with Crippen molar-refractivity contribution in [1.82, 2.24) is 0 Å². The Balaban J connectivity index is 2.15. The van der Waals surface area contributed by atoms with Crippen LogP contribution in [0, 0.1) is 0 Å². The molecule has 0 fully saturated rings. The molecule has 0 aromatic heterocycles. The molecule has 0 aliphatic carbocycles. The van der Waals surface area contributed by atoms with Crippen LogP contribution < -0.4 is 4.74 Å². The third kappa shape index (κ3) is 7.49. The Hall–Kier alpha value is -1.84. The molecule has 0 heterocycles. The number of aldehydes is 1. The van der Waals surface area contributed by atoms with Crippen molar-refractivity contribution in [2.24, 2.45) is 0 Å².